The SMILES string of the molecule is O=C(C[C@@]1(COc2ccc(Cl)cc2)CCCN(C(=O)Cc2cccs2)C1)N1CCCCC1. The molecule has 3 heterocycles. The molecule has 0 unspecified atom stereocenters. The van der Waals surface area contributed by atoms with Crippen molar-refractivity contribution >= 4 is 34.8 Å². The van der Waals surface area contributed by atoms with Gasteiger partial charge in [-0.2, -0.15) is 0 Å². The summed E-state index contributed by atoms with van der Waals surface area (Å²) in [6, 6.07) is 11.3. The zero-order chi connectivity index (χ0) is 22.4. The Bertz CT molecular complexity index is 896. The van der Waals surface area contributed by atoms with Gasteiger partial charge in [0, 0.05) is 47.9 Å². The van der Waals surface area contributed by atoms with Crippen LogP contribution in [0, 0.1) is 5.41 Å². The van der Waals surface area contributed by atoms with Crippen molar-refractivity contribution in [3.05, 3.63) is 51.7 Å². The number of amides is 2. The number of rotatable bonds is 7. The first-order chi connectivity index (χ1) is 15.5. The fourth-order valence-electron chi connectivity index (χ4n) is 4.75. The van der Waals surface area contributed by atoms with Gasteiger partial charge in [-0.1, -0.05) is 17.7 Å². The van der Waals surface area contributed by atoms with Gasteiger partial charge in [0.1, 0.15) is 5.75 Å². The molecule has 2 aliphatic heterocycles. The van der Waals surface area contributed by atoms with Gasteiger partial charge in [0.05, 0.1) is 13.0 Å². The largest absolute Gasteiger partial charge is 0.493 e. The Morgan fingerprint density at radius 2 is 1.72 bits per heavy atom. The zero-order valence-corrected chi connectivity index (χ0v) is 20.0. The predicted octanol–water partition coefficient (Wildman–Crippen LogP) is 5.03. The Labute approximate surface area is 199 Å². The van der Waals surface area contributed by atoms with Crippen molar-refractivity contribution in [1.82, 2.24) is 9.80 Å². The summed E-state index contributed by atoms with van der Waals surface area (Å²) < 4.78 is 6.16. The van der Waals surface area contributed by atoms with E-state index in [2.05, 4.69) is 0 Å². The first-order valence-corrected chi connectivity index (χ1v) is 12.8. The van der Waals surface area contributed by atoms with Crippen molar-refractivity contribution < 1.29 is 14.3 Å². The fraction of sp³-hybridized carbons (Fsp3) is 0.520. The monoisotopic (exact) mass is 474 g/mol. The van der Waals surface area contributed by atoms with E-state index in [1.54, 1.807) is 23.5 Å². The van der Waals surface area contributed by atoms with Crippen LogP contribution < -0.4 is 4.74 Å². The van der Waals surface area contributed by atoms with Crippen LogP contribution in [0.5, 0.6) is 5.75 Å². The number of carbonyl (C=O) groups excluding carboxylic acids is 2. The third-order valence-corrected chi connectivity index (χ3v) is 7.64. The maximum atomic E-state index is 13.2. The summed E-state index contributed by atoms with van der Waals surface area (Å²) in [5.74, 6) is 1.06. The van der Waals surface area contributed by atoms with E-state index < -0.39 is 0 Å². The lowest BCUT2D eigenvalue weighted by molar-refractivity contribution is -0.141. The van der Waals surface area contributed by atoms with Gasteiger partial charge in [0.15, 0.2) is 0 Å². The molecule has 2 saturated heterocycles. The molecule has 0 spiro atoms. The van der Waals surface area contributed by atoms with Crippen molar-refractivity contribution in [3.8, 4) is 5.75 Å². The molecule has 4 rings (SSSR count). The third kappa shape index (κ3) is 6.04. The number of likely N-dealkylation sites (tertiary alicyclic amines) is 2. The van der Waals surface area contributed by atoms with E-state index in [0.717, 1.165) is 55.9 Å². The molecule has 1 aromatic heterocycles. The molecular formula is C25H31ClN2O3S. The van der Waals surface area contributed by atoms with E-state index in [-0.39, 0.29) is 17.2 Å². The van der Waals surface area contributed by atoms with E-state index in [1.807, 2.05) is 39.4 Å². The number of nitrogens with zero attached hydrogens (tertiary/aromatic N) is 2. The summed E-state index contributed by atoms with van der Waals surface area (Å²) in [6.45, 7) is 3.40. The van der Waals surface area contributed by atoms with E-state index in [0.29, 0.717) is 31.0 Å². The fourth-order valence-corrected chi connectivity index (χ4v) is 5.57. The molecule has 172 valence electrons. The average molecular weight is 475 g/mol. The van der Waals surface area contributed by atoms with Crippen molar-refractivity contribution in [2.75, 3.05) is 32.8 Å². The number of thiophene rings is 1. The van der Waals surface area contributed by atoms with Gasteiger partial charge in [-0.05, 0) is 67.8 Å². The molecule has 0 bridgehead atoms. The highest BCUT2D eigenvalue weighted by molar-refractivity contribution is 7.10. The minimum Gasteiger partial charge on any atom is -0.493 e. The molecule has 0 saturated carbocycles. The van der Waals surface area contributed by atoms with Crippen LogP contribution in [0.3, 0.4) is 0 Å². The molecule has 5 nitrogen and oxygen atoms in total. The van der Waals surface area contributed by atoms with Crippen LogP contribution in [0.25, 0.3) is 0 Å². The summed E-state index contributed by atoms with van der Waals surface area (Å²) in [5, 5.41) is 2.66. The predicted molar refractivity (Wildman–Crippen MR) is 128 cm³/mol. The maximum absolute atomic E-state index is 13.2. The second-order valence-corrected chi connectivity index (χ2v) is 10.5. The second-order valence-electron chi connectivity index (χ2n) is 9.04. The van der Waals surface area contributed by atoms with Crippen LogP contribution in [0.1, 0.15) is 43.4 Å². The van der Waals surface area contributed by atoms with Gasteiger partial charge in [0.25, 0.3) is 0 Å². The van der Waals surface area contributed by atoms with Gasteiger partial charge < -0.3 is 14.5 Å². The number of hydrogen-bond acceptors (Lipinski definition) is 4. The van der Waals surface area contributed by atoms with Crippen LogP contribution >= 0.6 is 22.9 Å². The maximum Gasteiger partial charge on any atom is 0.227 e. The molecule has 0 radical (unpaired) electrons. The normalized spacial score (nSPS) is 21.4. The summed E-state index contributed by atoms with van der Waals surface area (Å²) >= 11 is 7.62. The number of ether oxygens (including phenoxy) is 1. The number of benzene rings is 1. The van der Waals surface area contributed by atoms with Gasteiger partial charge in [0.2, 0.25) is 11.8 Å². The summed E-state index contributed by atoms with van der Waals surface area (Å²) in [7, 11) is 0. The van der Waals surface area contributed by atoms with E-state index in [4.69, 9.17) is 16.3 Å². The van der Waals surface area contributed by atoms with Crippen LogP contribution in [-0.2, 0) is 16.0 Å². The molecule has 2 aromatic rings. The van der Waals surface area contributed by atoms with Crippen LogP contribution in [0.15, 0.2) is 41.8 Å². The molecular weight excluding hydrogens is 444 g/mol. The van der Waals surface area contributed by atoms with E-state index >= 15 is 0 Å². The third-order valence-electron chi connectivity index (χ3n) is 6.51. The van der Waals surface area contributed by atoms with Gasteiger partial charge in [-0.3, -0.25) is 9.59 Å². The zero-order valence-electron chi connectivity index (χ0n) is 18.4. The van der Waals surface area contributed by atoms with Gasteiger partial charge >= 0.3 is 0 Å². The highest BCUT2D eigenvalue weighted by Crippen LogP contribution is 2.36. The molecule has 0 aliphatic carbocycles. The quantitative estimate of drug-likeness (QED) is 0.565. The van der Waals surface area contributed by atoms with E-state index in [9.17, 15) is 9.59 Å². The van der Waals surface area contributed by atoms with Crippen molar-refractivity contribution in [2.24, 2.45) is 5.41 Å². The topological polar surface area (TPSA) is 49.9 Å². The number of hydrogen-bond donors (Lipinski definition) is 0. The lowest BCUT2D eigenvalue weighted by atomic mass is 9.77. The molecule has 2 fully saturated rings. The summed E-state index contributed by atoms with van der Waals surface area (Å²) in [5.41, 5.74) is -0.377. The molecule has 1 atom stereocenters. The second kappa shape index (κ2) is 10.7. The van der Waals surface area contributed by atoms with Gasteiger partial charge in [-0.25, -0.2) is 0 Å². The highest BCUT2D eigenvalue weighted by atomic mass is 35.5. The lowest BCUT2D eigenvalue weighted by Crippen LogP contribution is -2.51. The number of halogens is 1. The molecule has 2 amide bonds. The molecule has 32 heavy (non-hydrogen) atoms. The van der Waals surface area contributed by atoms with Gasteiger partial charge in [-0.15, -0.1) is 11.3 Å². The summed E-state index contributed by atoms with van der Waals surface area (Å²) in [4.78, 5) is 31.3. The Morgan fingerprint density at radius 1 is 0.969 bits per heavy atom. The number of carbonyl (C=O) groups is 2. The molecule has 2 aliphatic rings. The van der Waals surface area contributed by atoms with Crippen molar-refractivity contribution in [2.45, 2.75) is 44.9 Å². The van der Waals surface area contributed by atoms with Crippen LogP contribution in [-0.4, -0.2) is 54.4 Å². The Kier molecular flexibility index (Phi) is 7.74. The first kappa shape index (κ1) is 23.1. The van der Waals surface area contributed by atoms with Crippen molar-refractivity contribution in [1.29, 1.82) is 0 Å². The smallest absolute Gasteiger partial charge is 0.227 e. The average Bonchev–Trinajstić information content (AvgIpc) is 3.32. The van der Waals surface area contributed by atoms with E-state index in [1.165, 1.54) is 6.42 Å². The standard InChI is InChI=1S/C25H31ClN2O3S/c26-20-7-9-21(10-8-20)31-19-25(17-24(30)27-12-2-1-3-13-27)11-5-14-28(18-25)23(29)16-22-6-4-15-32-22/h4,6-10,15H,1-3,5,11-14,16-19H2/t25-/m0/s1. The molecule has 7 heteroatoms. The first-order valence-electron chi connectivity index (χ1n) is 11.5. The molecule has 1 aromatic carbocycles. The Hall–Kier alpha value is -2.05. The Balaban J connectivity index is 1.48. The minimum absolute atomic E-state index is 0.133. The highest BCUT2D eigenvalue weighted by Gasteiger charge is 2.41. The summed E-state index contributed by atoms with van der Waals surface area (Å²) in [6.07, 6.45) is 5.95. The van der Waals surface area contributed by atoms with Crippen molar-refractivity contribution in [3.63, 3.8) is 0 Å². The number of piperidine rings is 2. The lowest BCUT2D eigenvalue weighted by Gasteiger charge is -2.43. The minimum atomic E-state index is -0.377. The Morgan fingerprint density at radius 3 is 2.44 bits per heavy atom. The van der Waals surface area contributed by atoms with Crippen LogP contribution in [0.4, 0.5) is 0 Å². The molecule has 0 N–H and O–H groups in total. The van der Waals surface area contributed by atoms with Crippen LogP contribution in [0.2, 0.25) is 5.02 Å².